The molecule has 5 nitrogen and oxygen atoms in total. The van der Waals surface area contributed by atoms with E-state index in [-0.39, 0.29) is 24.9 Å². The van der Waals surface area contributed by atoms with E-state index < -0.39 is 0 Å². The van der Waals surface area contributed by atoms with Gasteiger partial charge in [0.25, 0.3) is 5.91 Å². The number of carbonyl (C=O) groups excluding carboxylic acids is 1. The molecular weight excluding hydrogens is 388 g/mol. The highest BCUT2D eigenvalue weighted by atomic mass is 35.5. The van der Waals surface area contributed by atoms with E-state index in [9.17, 15) is 4.79 Å². The highest BCUT2D eigenvalue weighted by Gasteiger charge is 2.11. The third kappa shape index (κ3) is 5.86. The summed E-state index contributed by atoms with van der Waals surface area (Å²) in [5.41, 5.74) is 10.1. The maximum atomic E-state index is 12.2. The van der Waals surface area contributed by atoms with Crippen molar-refractivity contribution in [3.63, 3.8) is 0 Å². The van der Waals surface area contributed by atoms with Crippen molar-refractivity contribution >= 4 is 24.0 Å². The molecule has 0 aliphatic heterocycles. The van der Waals surface area contributed by atoms with Gasteiger partial charge in [-0.2, -0.15) is 0 Å². The monoisotopic (exact) mass is 414 g/mol. The number of nitrogens with one attached hydrogen (secondary N) is 1. The molecule has 6 heteroatoms. The fourth-order valence-corrected chi connectivity index (χ4v) is 2.90. The van der Waals surface area contributed by atoms with Gasteiger partial charge >= 0.3 is 0 Å². The number of benzene rings is 2. The molecule has 0 saturated carbocycles. The Morgan fingerprint density at radius 2 is 1.86 bits per heavy atom. The van der Waals surface area contributed by atoms with Gasteiger partial charge in [0.1, 0.15) is 24.4 Å². The van der Waals surface area contributed by atoms with Gasteiger partial charge in [-0.3, -0.25) is 4.79 Å². The number of hydrogen-bond acceptors (Lipinski definition) is 4. The Kier molecular flexibility index (Phi) is 7.88. The SMILES string of the molecule is Cc1ccc(C(C)C)c(OCc2ccc(NC(=O)c3coc(CN)c3)cc2)c1.Cl. The molecule has 3 aromatic rings. The van der Waals surface area contributed by atoms with Crippen LogP contribution in [0.3, 0.4) is 0 Å². The van der Waals surface area contributed by atoms with Gasteiger partial charge in [-0.1, -0.05) is 38.1 Å². The first-order valence-electron chi connectivity index (χ1n) is 9.37. The van der Waals surface area contributed by atoms with Crippen LogP contribution >= 0.6 is 12.4 Å². The molecule has 29 heavy (non-hydrogen) atoms. The number of rotatable bonds is 7. The molecule has 1 aromatic heterocycles. The van der Waals surface area contributed by atoms with Crippen LogP contribution in [0.5, 0.6) is 5.75 Å². The molecule has 0 bridgehead atoms. The maximum Gasteiger partial charge on any atom is 0.258 e. The van der Waals surface area contributed by atoms with Crippen molar-refractivity contribution in [1.82, 2.24) is 0 Å². The molecule has 1 amide bonds. The first-order chi connectivity index (χ1) is 13.5. The second-order valence-electron chi connectivity index (χ2n) is 7.14. The summed E-state index contributed by atoms with van der Waals surface area (Å²) in [5, 5.41) is 2.85. The van der Waals surface area contributed by atoms with E-state index in [1.807, 2.05) is 24.3 Å². The van der Waals surface area contributed by atoms with Gasteiger partial charge in [-0.25, -0.2) is 0 Å². The van der Waals surface area contributed by atoms with Gasteiger partial charge in [0.15, 0.2) is 0 Å². The van der Waals surface area contributed by atoms with Crippen molar-refractivity contribution in [1.29, 1.82) is 0 Å². The fraction of sp³-hybridized carbons (Fsp3) is 0.261. The van der Waals surface area contributed by atoms with Crippen molar-refractivity contribution in [2.45, 2.75) is 39.8 Å². The highest BCUT2D eigenvalue weighted by Crippen LogP contribution is 2.28. The van der Waals surface area contributed by atoms with Crippen LogP contribution < -0.4 is 15.8 Å². The van der Waals surface area contributed by atoms with E-state index in [4.69, 9.17) is 14.9 Å². The lowest BCUT2D eigenvalue weighted by molar-refractivity contribution is 0.102. The Morgan fingerprint density at radius 3 is 2.48 bits per heavy atom. The van der Waals surface area contributed by atoms with Crippen molar-refractivity contribution < 1.29 is 13.9 Å². The Bertz CT molecular complexity index is 949. The fourth-order valence-electron chi connectivity index (χ4n) is 2.90. The summed E-state index contributed by atoms with van der Waals surface area (Å²) in [5.74, 6) is 1.67. The Balaban J connectivity index is 0.00000300. The molecule has 0 atom stereocenters. The molecule has 0 radical (unpaired) electrons. The molecule has 0 aliphatic carbocycles. The average Bonchev–Trinajstić information content (AvgIpc) is 3.17. The summed E-state index contributed by atoms with van der Waals surface area (Å²) >= 11 is 0. The summed E-state index contributed by atoms with van der Waals surface area (Å²) in [4.78, 5) is 12.2. The quantitative estimate of drug-likeness (QED) is 0.540. The van der Waals surface area contributed by atoms with E-state index in [1.165, 1.54) is 17.4 Å². The van der Waals surface area contributed by atoms with Gasteiger partial charge in [0.2, 0.25) is 0 Å². The first-order valence-corrected chi connectivity index (χ1v) is 9.37. The van der Waals surface area contributed by atoms with Crippen LogP contribution in [0, 0.1) is 6.92 Å². The van der Waals surface area contributed by atoms with E-state index in [0.717, 1.165) is 11.3 Å². The largest absolute Gasteiger partial charge is 0.489 e. The van der Waals surface area contributed by atoms with Crippen LogP contribution in [0.2, 0.25) is 0 Å². The van der Waals surface area contributed by atoms with Crippen molar-refractivity contribution in [3.05, 3.63) is 82.8 Å². The molecule has 0 saturated heterocycles. The lowest BCUT2D eigenvalue weighted by Gasteiger charge is -2.15. The molecule has 0 fully saturated rings. The number of ether oxygens (including phenoxy) is 1. The lowest BCUT2D eigenvalue weighted by Crippen LogP contribution is -2.11. The van der Waals surface area contributed by atoms with Gasteiger partial charge in [-0.15, -0.1) is 12.4 Å². The molecule has 0 unspecified atom stereocenters. The summed E-state index contributed by atoms with van der Waals surface area (Å²) in [6, 6.07) is 15.6. The number of nitrogens with two attached hydrogens (primary N) is 1. The van der Waals surface area contributed by atoms with E-state index in [1.54, 1.807) is 6.07 Å². The molecule has 154 valence electrons. The Morgan fingerprint density at radius 1 is 1.14 bits per heavy atom. The smallest absolute Gasteiger partial charge is 0.258 e. The van der Waals surface area contributed by atoms with Crippen molar-refractivity contribution in [3.8, 4) is 5.75 Å². The van der Waals surface area contributed by atoms with Gasteiger partial charge in [0, 0.05) is 5.69 Å². The number of hydrogen-bond donors (Lipinski definition) is 2. The predicted molar refractivity (Wildman–Crippen MR) is 118 cm³/mol. The van der Waals surface area contributed by atoms with Gasteiger partial charge in [-0.05, 0) is 53.8 Å². The Hall–Kier alpha value is -2.76. The van der Waals surface area contributed by atoms with Gasteiger partial charge < -0.3 is 20.2 Å². The van der Waals surface area contributed by atoms with E-state index >= 15 is 0 Å². The zero-order chi connectivity index (χ0) is 20.1. The van der Waals surface area contributed by atoms with Crippen LogP contribution in [0.15, 0.2) is 59.2 Å². The van der Waals surface area contributed by atoms with Crippen LogP contribution in [0.4, 0.5) is 5.69 Å². The number of carbonyl (C=O) groups is 1. The average molecular weight is 415 g/mol. The summed E-state index contributed by atoms with van der Waals surface area (Å²) < 4.78 is 11.3. The summed E-state index contributed by atoms with van der Waals surface area (Å²) in [7, 11) is 0. The van der Waals surface area contributed by atoms with Crippen LogP contribution in [-0.4, -0.2) is 5.91 Å². The van der Waals surface area contributed by atoms with Crippen molar-refractivity contribution in [2.75, 3.05) is 5.32 Å². The summed E-state index contributed by atoms with van der Waals surface area (Å²) in [6.07, 6.45) is 1.41. The highest BCUT2D eigenvalue weighted by molar-refractivity contribution is 6.04. The van der Waals surface area contributed by atoms with E-state index in [2.05, 4.69) is 44.3 Å². The maximum absolute atomic E-state index is 12.2. The second kappa shape index (κ2) is 10.1. The first kappa shape index (κ1) is 22.5. The third-order valence-electron chi connectivity index (χ3n) is 4.51. The number of amides is 1. The molecule has 0 aliphatic rings. The number of anilines is 1. The second-order valence-corrected chi connectivity index (χ2v) is 7.14. The van der Waals surface area contributed by atoms with Crippen LogP contribution in [0.1, 0.15) is 52.6 Å². The lowest BCUT2D eigenvalue weighted by atomic mass is 10.0. The van der Waals surface area contributed by atoms with Crippen molar-refractivity contribution in [2.24, 2.45) is 5.73 Å². The summed E-state index contributed by atoms with van der Waals surface area (Å²) in [6.45, 7) is 7.11. The minimum absolute atomic E-state index is 0. The third-order valence-corrected chi connectivity index (χ3v) is 4.51. The van der Waals surface area contributed by atoms with Crippen LogP contribution in [-0.2, 0) is 13.2 Å². The predicted octanol–water partition coefficient (Wildman–Crippen LogP) is 5.42. The Labute approximate surface area is 177 Å². The standard InChI is InChI=1S/C23H26N2O3.ClH/c1-15(2)21-9-4-16(3)10-22(21)28-13-17-5-7-19(8-6-17)25-23(26)18-11-20(12-24)27-14-18;/h4-11,14-15H,12-13,24H2,1-3H3,(H,25,26);1H. The number of halogens is 1. The molecule has 3 N–H and O–H groups in total. The van der Waals surface area contributed by atoms with Gasteiger partial charge in [0.05, 0.1) is 12.1 Å². The molecular formula is C23H27ClN2O3. The minimum atomic E-state index is -0.228. The normalized spacial score (nSPS) is 10.5. The zero-order valence-electron chi connectivity index (χ0n) is 16.9. The number of aryl methyl sites for hydroxylation is 1. The molecule has 0 spiro atoms. The molecule has 2 aromatic carbocycles. The van der Waals surface area contributed by atoms with E-state index in [0.29, 0.717) is 29.5 Å². The molecule has 1 heterocycles. The zero-order valence-corrected chi connectivity index (χ0v) is 17.7. The van der Waals surface area contributed by atoms with Crippen LogP contribution in [0.25, 0.3) is 0 Å². The number of furan rings is 1. The minimum Gasteiger partial charge on any atom is -0.489 e. The molecule has 3 rings (SSSR count). The topological polar surface area (TPSA) is 77.5 Å².